The summed E-state index contributed by atoms with van der Waals surface area (Å²) in [6.07, 6.45) is 1.88. The Balaban J connectivity index is 2.58. The van der Waals surface area contributed by atoms with Crippen LogP contribution in [0.15, 0.2) is 28.7 Å². The standard InChI is InChI=1S/C13H12Cl2N2O2S/c1-7(12(18)19)8-5-11(10(15)6-9(8)14)16-13-17(2)3-4-20-13/h3-7H,1-2H3,(H,18,19)/b16-13-. The number of aryl methyl sites for hydroxylation is 1. The first kappa shape index (κ1) is 15.1. The van der Waals surface area contributed by atoms with Gasteiger partial charge in [0.05, 0.1) is 16.6 Å². The van der Waals surface area contributed by atoms with Crippen molar-refractivity contribution in [1.82, 2.24) is 4.57 Å². The van der Waals surface area contributed by atoms with Gasteiger partial charge in [0.2, 0.25) is 0 Å². The lowest BCUT2D eigenvalue weighted by molar-refractivity contribution is -0.138. The fraction of sp³-hybridized carbons (Fsp3) is 0.231. The van der Waals surface area contributed by atoms with Crippen molar-refractivity contribution in [3.05, 3.63) is 44.1 Å². The molecule has 1 aromatic heterocycles. The Hall–Kier alpha value is -1.30. The van der Waals surface area contributed by atoms with E-state index in [9.17, 15) is 4.79 Å². The molecule has 20 heavy (non-hydrogen) atoms. The first-order valence-corrected chi connectivity index (χ1v) is 7.40. The molecule has 0 saturated carbocycles. The van der Waals surface area contributed by atoms with Gasteiger partial charge in [-0.2, -0.15) is 0 Å². The SMILES string of the molecule is CC(C(=O)O)c1cc(/N=c2\sccn2C)c(Cl)cc1Cl. The molecule has 1 aromatic carbocycles. The minimum Gasteiger partial charge on any atom is -0.481 e. The molecule has 0 aliphatic heterocycles. The molecule has 1 atom stereocenters. The molecule has 0 aliphatic carbocycles. The Bertz CT molecular complexity index is 721. The molecule has 4 nitrogen and oxygen atoms in total. The zero-order chi connectivity index (χ0) is 14.9. The number of rotatable bonds is 3. The summed E-state index contributed by atoms with van der Waals surface area (Å²) in [4.78, 5) is 16.3. The monoisotopic (exact) mass is 330 g/mol. The number of halogens is 2. The maximum atomic E-state index is 11.1. The number of thiazole rings is 1. The number of carbonyl (C=O) groups is 1. The largest absolute Gasteiger partial charge is 0.481 e. The van der Waals surface area contributed by atoms with E-state index in [2.05, 4.69) is 4.99 Å². The van der Waals surface area contributed by atoms with E-state index in [1.807, 2.05) is 23.2 Å². The first-order valence-electron chi connectivity index (χ1n) is 5.76. The van der Waals surface area contributed by atoms with E-state index in [4.69, 9.17) is 28.3 Å². The summed E-state index contributed by atoms with van der Waals surface area (Å²) in [5.41, 5.74) is 1.01. The van der Waals surface area contributed by atoms with Gasteiger partial charge in [0.15, 0.2) is 4.80 Å². The Labute approximate surface area is 129 Å². The van der Waals surface area contributed by atoms with Crippen LogP contribution in [0.5, 0.6) is 0 Å². The van der Waals surface area contributed by atoms with E-state index in [1.165, 1.54) is 17.4 Å². The molecule has 7 heteroatoms. The molecule has 0 aliphatic rings. The molecule has 0 saturated heterocycles. The molecule has 2 rings (SSSR count). The average Bonchev–Trinajstić information content (AvgIpc) is 2.77. The summed E-state index contributed by atoms with van der Waals surface area (Å²) >= 11 is 13.7. The predicted octanol–water partition coefficient (Wildman–Crippen LogP) is 3.81. The van der Waals surface area contributed by atoms with Crippen molar-refractivity contribution in [3.8, 4) is 0 Å². The fourth-order valence-corrected chi connectivity index (χ4v) is 2.97. The molecule has 0 fully saturated rings. The summed E-state index contributed by atoms with van der Waals surface area (Å²) in [7, 11) is 1.87. The molecule has 2 aromatic rings. The number of carboxylic acid groups (broad SMARTS) is 1. The van der Waals surface area contributed by atoms with Crippen molar-refractivity contribution < 1.29 is 9.90 Å². The number of hydrogen-bond donors (Lipinski definition) is 1. The van der Waals surface area contributed by atoms with Crippen LogP contribution in [0.3, 0.4) is 0 Å². The summed E-state index contributed by atoms with van der Waals surface area (Å²) in [5.74, 6) is -1.66. The number of hydrogen-bond acceptors (Lipinski definition) is 3. The van der Waals surface area contributed by atoms with Crippen LogP contribution < -0.4 is 4.80 Å². The van der Waals surface area contributed by atoms with Gasteiger partial charge in [0, 0.05) is 23.6 Å². The van der Waals surface area contributed by atoms with Gasteiger partial charge < -0.3 is 9.67 Å². The normalized spacial score (nSPS) is 13.5. The quantitative estimate of drug-likeness (QED) is 0.930. The van der Waals surface area contributed by atoms with E-state index < -0.39 is 11.9 Å². The minimum absolute atomic E-state index is 0.333. The molecule has 1 unspecified atom stereocenters. The summed E-state index contributed by atoms with van der Waals surface area (Å²) in [6.45, 7) is 1.58. The Morgan fingerprint density at radius 2 is 2.10 bits per heavy atom. The number of benzene rings is 1. The highest BCUT2D eigenvalue weighted by atomic mass is 35.5. The van der Waals surface area contributed by atoms with Crippen molar-refractivity contribution in [2.75, 3.05) is 0 Å². The van der Waals surface area contributed by atoms with Gasteiger partial charge in [-0.05, 0) is 24.6 Å². The molecule has 0 radical (unpaired) electrons. The zero-order valence-electron chi connectivity index (χ0n) is 10.8. The van der Waals surface area contributed by atoms with E-state index in [0.29, 0.717) is 21.3 Å². The van der Waals surface area contributed by atoms with Crippen molar-refractivity contribution in [1.29, 1.82) is 0 Å². The lowest BCUT2D eigenvalue weighted by Crippen LogP contribution is -2.09. The highest BCUT2D eigenvalue weighted by Gasteiger charge is 2.18. The van der Waals surface area contributed by atoms with Crippen LogP contribution in [-0.4, -0.2) is 15.6 Å². The van der Waals surface area contributed by atoms with Crippen molar-refractivity contribution in [2.45, 2.75) is 12.8 Å². The maximum Gasteiger partial charge on any atom is 0.310 e. The van der Waals surface area contributed by atoms with Crippen LogP contribution in [0.25, 0.3) is 0 Å². The van der Waals surface area contributed by atoms with Gasteiger partial charge in [0.25, 0.3) is 0 Å². The van der Waals surface area contributed by atoms with Crippen LogP contribution in [0.4, 0.5) is 5.69 Å². The predicted molar refractivity (Wildman–Crippen MR) is 81.0 cm³/mol. The van der Waals surface area contributed by atoms with Gasteiger partial charge >= 0.3 is 5.97 Å². The first-order chi connectivity index (χ1) is 9.40. The number of nitrogens with zero attached hydrogens (tertiary/aromatic N) is 2. The maximum absolute atomic E-state index is 11.1. The molecule has 0 bridgehead atoms. The third kappa shape index (κ3) is 3.06. The van der Waals surface area contributed by atoms with E-state index >= 15 is 0 Å². The van der Waals surface area contributed by atoms with Crippen molar-refractivity contribution >= 4 is 46.2 Å². The van der Waals surface area contributed by atoms with Crippen LogP contribution in [0.2, 0.25) is 10.0 Å². The van der Waals surface area contributed by atoms with Crippen LogP contribution in [0, 0.1) is 0 Å². The van der Waals surface area contributed by atoms with E-state index in [0.717, 1.165) is 4.80 Å². The molecule has 0 spiro atoms. The molecular weight excluding hydrogens is 319 g/mol. The van der Waals surface area contributed by atoms with Crippen LogP contribution >= 0.6 is 34.5 Å². The van der Waals surface area contributed by atoms with Gasteiger partial charge in [0.1, 0.15) is 0 Å². The molecule has 106 valence electrons. The second-order valence-electron chi connectivity index (χ2n) is 4.29. The minimum atomic E-state index is -0.943. The second-order valence-corrected chi connectivity index (χ2v) is 5.98. The van der Waals surface area contributed by atoms with E-state index in [1.54, 1.807) is 13.0 Å². The van der Waals surface area contributed by atoms with Crippen LogP contribution in [0.1, 0.15) is 18.4 Å². The fourth-order valence-electron chi connectivity index (χ4n) is 1.64. The number of aromatic nitrogens is 1. The highest BCUT2D eigenvalue weighted by Crippen LogP contribution is 2.34. The lowest BCUT2D eigenvalue weighted by Gasteiger charge is -2.10. The summed E-state index contributed by atoms with van der Waals surface area (Å²) in [5, 5.41) is 11.7. The Morgan fingerprint density at radius 1 is 1.40 bits per heavy atom. The molecular formula is C13H12Cl2N2O2S. The zero-order valence-corrected chi connectivity index (χ0v) is 13.1. The lowest BCUT2D eigenvalue weighted by atomic mass is 10.0. The van der Waals surface area contributed by atoms with Gasteiger partial charge in [-0.1, -0.05) is 23.2 Å². The third-order valence-corrected chi connectivity index (χ3v) is 4.36. The summed E-state index contributed by atoms with van der Waals surface area (Å²) in [6, 6.07) is 3.16. The number of aliphatic carboxylic acids is 1. The molecule has 1 heterocycles. The molecule has 1 N–H and O–H groups in total. The van der Waals surface area contributed by atoms with Crippen LogP contribution in [-0.2, 0) is 11.8 Å². The molecule has 0 amide bonds. The highest BCUT2D eigenvalue weighted by molar-refractivity contribution is 7.07. The van der Waals surface area contributed by atoms with Crippen molar-refractivity contribution in [2.24, 2.45) is 12.0 Å². The second kappa shape index (κ2) is 5.99. The van der Waals surface area contributed by atoms with Gasteiger partial charge in [-0.3, -0.25) is 4.79 Å². The third-order valence-electron chi connectivity index (χ3n) is 2.88. The van der Waals surface area contributed by atoms with E-state index in [-0.39, 0.29) is 0 Å². The van der Waals surface area contributed by atoms with Gasteiger partial charge in [-0.25, -0.2) is 4.99 Å². The van der Waals surface area contributed by atoms with Crippen molar-refractivity contribution in [3.63, 3.8) is 0 Å². The van der Waals surface area contributed by atoms with Gasteiger partial charge in [-0.15, -0.1) is 11.3 Å². The summed E-state index contributed by atoms with van der Waals surface area (Å²) < 4.78 is 1.86. The number of carboxylic acids is 1. The average molecular weight is 331 g/mol. The topological polar surface area (TPSA) is 54.6 Å². The smallest absolute Gasteiger partial charge is 0.310 e. The Kier molecular flexibility index (Phi) is 4.52. The Morgan fingerprint density at radius 3 is 2.65 bits per heavy atom.